The largest absolute Gasteiger partial charge is 0.363 e. The number of nitrogens with zero attached hydrogens (tertiary/aromatic N) is 2. The van der Waals surface area contributed by atoms with E-state index in [-0.39, 0.29) is 5.91 Å². The quantitative estimate of drug-likeness (QED) is 0.745. The Kier molecular flexibility index (Phi) is 3.33. The topological polar surface area (TPSA) is 99.8 Å². The highest BCUT2D eigenvalue weighted by Gasteiger charge is 1.99. The van der Waals surface area contributed by atoms with Gasteiger partial charge in [-0.25, -0.2) is 9.89 Å². The van der Waals surface area contributed by atoms with Crippen LogP contribution in [0, 0.1) is 0 Å². The summed E-state index contributed by atoms with van der Waals surface area (Å²) in [5.41, 5.74) is 0.920. The molecule has 2 rings (SSSR count). The number of aromatic amines is 1. The minimum absolute atomic E-state index is 0.129. The van der Waals surface area contributed by atoms with Crippen molar-refractivity contribution < 1.29 is 4.79 Å². The minimum atomic E-state index is -0.519. The molecule has 3 N–H and O–H groups in total. The lowest BCUT2D eigenvalue weighted by atomic mass is 10.3. The summed E-state index contributed by atoms with van der Waals surface area (Å²) >= 11 is 0. The number of aromatic nitrogens is 3. The summed E-state index contributed by atoms with van der Waals surface area (Å²) in [6.45, 7) is 1.44. The fourth-order valence-corrected chi connectivity index (χ4v) is 1.36. The molecule has 0 aliphatic carbocycles. The molecule has 18 heavy (non-hydrogen) atoms. The van der Waals surface area contributed by atoms with Crippen molar-refractivity contribution in [1.29, 1.82) is 0 Å². The van der Waals surface area contributed by atoms with E-state index >= 15 is 0 Å². The molecule has 0 aliphatic heterocycles. The van der Waals surface area contributed by atoms with Gasteiger partial charge in [0.15, 0.2) is 5.82 Å². The van der Waals surface area contributed by atoms with Crippen molar-refractivity contribution >= 4 is 23.1 Å². The molecule has 0 saturated heterocycles. The lowest BCUT2D eigenvalue weighted by molar-refractivity contribution is -0.114. The zero-order valence-electron chi connectivity index (χ0n) is 9.60. The Morgan fingerprint density at radius 3 is 2.50 bits per heavy atom. The summed E-state index contributed by atoms with van der Waals surface area (Å²) in [5.74, 6) is 0.224. The van der Waals surface area contributed by atoms with Crippen molar-refractivity contribution in [3.63, 3.8) is 0 Å². The Hall–Kier alpha value is -2.70. The van der Waals surface area contributed by atoms with Gasteiger partial charge in [0.05, 0.1) is 6.20 Å². The maximum Gasteiger partial charge on any atom is 0.363 e. The number of benzene rings is 1. The SMILES string of the molecule is CC(=O)Nc1ccc(Nc2cn[nH]c(=O)n2)cc1. The van der Waals surface area contributed by atoms with Crippen LogP contribution in [0.2, 0.25) is 0 Å². The Morgan fingerprint density at radius 1 is 1.22 bits per heavy atom. The minimum Gasteiger partial charge on any atom is -0.339 e. The number of carbonyl (C=O) groups is 1. The van der Waals surface area contributed by atoms with Gasteiger partial charge in [-0.05, 0) is 24.3 Å². The van der Waals surface area contributed by atoms with E-state index in [0.717, 1.165) is 5.69 Å². The van der Waals surface area contributed by atoms with Crippen molar-refractivity contribution in [2.75, 3.05) is 10.6 Å². The smallest absolute Gasteiger partial charge is 0.339 e. The average molecular weight is 245 g/mol. The van der Waals surface area contributed by atoms with Crippen LogP contribution >= 0.6 is 0 Å². The first-order valence-corrected chi connectivity index (χ1v) is 5.20. The fourth-order valence-electron chi connectivity index (χ4n) is 1.36. The molecule has 0 radical (unpaired) electrons. The molecule has 0 spiro atoms. The number of carbonyl (C=O) groups excluding carboxylic acids is 1. The van der Waals surface area contributed by atoms with Gasteiger partial charge >= 0.3 is 5.69 Å². The Bertz CT molecular complexity index is 605. The van der Waals surface area contributed by atoms with Crippen LogP contribution < -0.4 is 16.3 Å². The van der Waals surface area contributed by atoms with E-state index in [0.29, 0.717) is 11.5 Å². The van der Waals surface area contributed by atoms with E-state index in [2.05, 4.69) is 25.8 Å². The van der Waals surface area contributed by atoms with Gasteiger partial charge < -0.3 is 10.6 Å². The summed E-state index contributed by atoms with van der Waals surface area (Å²) in [6, 6.07) is 7.00. The fraction of sp³-hybridized carbons (Fsp3) is 0.0909. The van der Waals surface area contributed by atoms with Crippen molar-refractivity contribution in [1.82, 2.24) is 15.2 Å². The second-order valence-corrected chi connectivity index (χ2v) is 3.56. The molecule has 7 heteroatoms. The third-order valence-electron chi connectivity index (χ3n) is 2.05. The average Bonchev–Trinajstić information content (AvgIpc) is 2.31. The van der Waals surface area contributed by atoms with E-state index in [9.17, 15) is 9.59 Å². The molecular weight excluding hydrogens is 234 g/mol. The first-order chi connectivity index (χ1) is 8.63. The first kappa shape index (κ1) is 11.8. The van der Waals surface area contributed by atoms with Gasteiger partial charge in [0, 0.05) is 18.3 Å². The lowest BCUT2D eigenvalue weighted by Crippen LogP contribution is -2.13. The number of amides is 1. The zero-order chi connectivity index (χ0) is 13.0. The second-order valence-electron chi connectivity index (χ2n) is 3.56. The van der Waals surface area contributed by atoms with Crippen LogP contribution in [-0.2, 0) is 4.79 Å². The third-order valence-corrected chi connectivity index (χ3v) is 2.05. The van der Waals surface area contributed by atoms with Crippen LogP contribution in [0.5, 0.6) is 0 Å². The molecular formula is C11H11N5O2. The van der Waals surface area contributed by atoms with Gasteiger partial charge in [-0.3, -0.25) is 4.79 Å². The molecule has 92 valence electrons. The molecule has 1 heterocycles. The zero-order valence-corrected chi connectivity index (χ0v) is 9.60. The number of anilines is 3. The van der Waals surface area contributed by atoms with E-state index in [1.54, 1.807) is 24.3 Å². The molecule has 1 amide bonds. The molecule has 1 aromatic heterocycles. The summed E-state index contributed by atoms with van der Waals surface area (Å²) in [6.07, 6.45) is 1.41. The third kappa shape index (κ3) is 3.14. The number of rotatable bonds is 3. The van der Waals surface area contributed by atoms with E-state index in [1.165, 1.54) is 13.1 Å². The monoisotopic (exact) mass is 245 g/mol. The highest BCUT2D eigenvalue weighted by Crippen LogP contribution is 2.16. The van der Waals surface area contributed by atoms with Gasteiger partial charge in [-0.2, -0.15) is 10.1 Å². The van der Waals surface area contributed by atoms with E-state index in [4.69, 9.17) is 0 Å². The van der Waals surface area contributed by atoms with Gasteiger partial charge in [0.1, 0.15) is 0 Å². The van der Waals surface area contributed by atoms with E-state index in [1.807, 2.05) is 0 Å². The molecule has 2 aromatic rings. The maximum absolute atomic E-state index is 10.9. The van der Waals surface area contributed by atoms with Crippen LogP contribution in [-0.4, -0.2) is 21.1 Å². The number of H-pyrrole nitrogens is 1. The predicted octanol–water partition coefficient (Wildman–Crippen LogP) is 0.867. The standard InChI is InChI=1S/C11H11N5O2/c1-7(17)13-8-2-4-9(5-3-8)14-10-6-12-16-11(18)15-10/h2-6H,1H3,(H,13,17)(H2,14,15,16,18). The van der Waals surface area contributed by atoms with Crippen LogP contribution in [0.15, 0.2) is 35.3 Å². The summed E-state index contributed by atoms with van der Waals surface area (Å²) in [4.78, 5) is 25.5. The van der Waals surface area contributed by atoms with E-state index < -0.39 is 5.69 Å². The van der Waals surface area contributed by atoms with Crippen LogP contribution in [0.25, 0.3) is 0 Å². The Balaban J connectivity index is 2.11. The highest BCUT2D eigenvalue weighted by molar-refractivity contribution is 5.88. The normalized spacial score (nSPS) is 9.83. The molecule has 7 nitrogen and oxygen atoms in total. The van der Waals surface area contributed by atoms with Crippen molar-refractivity contribution in [3.8, 4) is 0 Å². The predicted molar refractivity (Wildman–Crippen MR) is 66.7 cm³/mol. The van der Waals surface area contributed by atoms with Crippen molar-refractivity contribution in [2.24, 2.45) is 0 Å². The maximum atomic E-state index is 10.9. The lowest BCUT2D eigenvalue weighted by Gasteiger charge is -2.06. The number of hydrogen-bond donors (Lipinski definition) is 3. The highest BCUT2D eigenvalue weighted by atomic mass is 16.1. The Morgan fingerprint density at radius 2 is 1.89 bits per heavy atom. The summed E-state index contributed by atoms with van der Waals surface area (Å²) < 4.78 is 0. The Labute approximate surface area is 102 Å². The first-order valence-electron chi connectivity index (χ1n) is 5.20. The van der Waals surface area contributed by atoms with Gasteiger partial charge in [-0.1, -0.05) is 0 Å². The summed E-state index contributed by atoms with van der Waals surface area (Å²) in [5, 5.41) is 11.4. The second kappa shape index (κ2) is 5.09. The van der Waals surface area contributed by atoms with Gasteiger partial charge in [-0.15, -0.1) is 0 Å². The van der Waals surface area contributed by atoms with Crippen LogP contribution in [0.3, 0.4) is 0 Å². The molecule has 0 bridgehead atoms. The molecule has 0 unspecified atom stereocenters. The van der Waals surface area contributed by atoms with Crippen molar-refractivity contribution in [2.45, 2.75) is 6.92 Å². The van der Waals surface area contributed by atoms with Crippen LogP contribution in [0.4, 0.5) is 17.2 Å². The number of hydrogen-bond acceptors (Lipinski definition) is 5. The number of nitrogens with one attached hydrogen (secondary N) is 3. The molecule has 1 aromatic carbocycles. The van der Waals surface area contributed by atoms with Crippen LogP contribution in [0.1, 0.15) is 6.92 Å². The van der Waals surface area contributed by atoms with Gasteiger partial charge in [0.2, 0.25) is 5.91 Å². The molecule has 0 atom stereocenters. The molecule has 0 aliphatic rings. The molecule has 0 saturated carbocycles. The summed E-state index contributed by atoms with van der Waals surface area (Å²) in [7, 11) is 0. The van der Waals surface area contributed by atoms with Gasteiger partial charge in [0.25, 0.3) is 0 Å². The van der Waals surface area contributed by atoms with Crippen molar-refractivity contribution in [3.05, 3.63) is 40.9 Å². The molecule has 0 fully saturated rings.